The molecule has 0 saturated heterocycles. The van der Waals surface area contributed by atoms with Crippen LogP contribution in [0.15, 0.2) is 170 Å². The summed E-state index contributed by atoms with van der Waals surface area (Å²) in [5.41, 5.74) is 14.2. The summed E-state index contributed by atoms with van der Waals surface area (Å²) in [6.07, 6.45) is 1.88. The Balaban J connectivity index is 1.41. The molecule has 0 atom stereocenters. The van der Waals surface area contributed by atoms with Gasteiger partial charge in [0.25, 0.3) is 0 Å². The number of aryl methyl sites for hydroxylation is 1. The first-order valence-electron chi connectivity index (χ1n) is 24.0. The number of phenols is 1. The number of benzene rings is 7. The molecule has 2 aromatic heterocycles. The summed E-state index contributed by atoms with van der Waals surface area (Å²) in [6, 6.07) is 55.3. The lowest BCUT2D eigenvalue weighted by Gasteiger charge is -2.28. The van der Waals surface area contributed by atoms with Crippen molar-refractivity contribution in [2.75, 3.05) is 0 Å². The second kappa shape index (κ2) is 16.5. The van der Waals surface area contributed by atoms with Gasteiger partial charge in [0.15, 0.2) is 0 Å². The predicted molar refractivity (Wildman–Crippen MR) is 274 cm³/mol. The third kappa shape index (κ3) is 8.42. The van der Waals surface area contributed by atoms with E-state index < -0.39 is 12.3 Å². The fourth-order valence-electron chi connectivity index (χ4n) is 8.81. The van der Waals surface area contributed by atoms with Gasteiger partial charge in [-0.3, -0.25) is 9.55 Å². The van der Waals surface area contributed by atoms with Gasteiger partial charge in [0.1, 0.15) is 11.6 Å². The molecule has 0 aliphatic heterocycles. The normalized spacial score (nSPS) is 13.1. The zero-order chi connectivity index (χ0) is 48.3. The van der Waals surface area contributed by atoms with Gasteiger partial charge in [-0.1, -0.05) is 178 Å². The average molecular weight is 853 g/mol. The molecular formula is C61H59N3O. The number of hydrogen-bond donors (Lipinski definition) is 1. The van der Waals surface area contributed by atoms with Crippen LogP contribution in [0.25, 0.3) is 83.9 Å². The summed E-state index contributed by atoms with van der Waals surface area (Å²) in [6.45, 7) is 17.2. The van der Waals surface area contributed by atoms with Crippen LogP contribution >= 0.6 is 0 Å². The molecule has 4 heteroatoms. The highest BCUT2D eigenvalue weighted by Gasteiger charge is 2.30. The topological polar surface area (TPSA) is 50.9 Å². The van der Waals surface area contributed by atoms with Crippen molar-refractivity contribution in [2.24, 2.45) is 0 Å². The third-order valence-corrected chi connectivity index (χ3v) is 12.5. The number of pyridine rings is 1. The van der Waals surface area contributed by atoms with Crippen molar-refractivity contribution in [2.45, 2.75) is 85.4 Å². The van der Waals surface area contributed by atoms with Crippen molar-refractivity contribution in [1.82, 2.24) is 14.5 Å². The Bertz CT molecular complexity index is 3310. The van der Waals surface area contributed by atoms with Crippen LogP contribution in [0.4, 0.5) is 0 Å². The molecule has 65 heavy (non-hydrogen) atoms. The lowest BCUT2D eigenvalue weighted by Crippen LogP contribution is -2.17. The number of aromatic nitrogens is 3. The van der Waals surface area contributed by atoms with Crippen LogP contribution in [-0.2, 0) is 16.2 Å². The van der Waals surface area contributed by atoms with Gasteiger partial charge in [-0.2, -0.15) is 0 Å². The van der Waals surface area contributed by atoms with Gasteiger partial charge in [0, 0.05) is 32.6 Å². The quantitative estimate of drug-likeness (QED) is 0.174. The summed E-state index contributed by atoms with van der Waals surface area (Å²) in [5, 5.41) is 12.7. The van der Waals surface area contributed by atoms with E-state index >= 15 is 0 Å². The van der Waals surface area contributed by atoms with Crippen LogP contribution in [0.2, 0.25) is 0 Å². The van der Waals surface area contributed by atoms with Crippen LogP contribution in [0.1, 0.15) is 88.7 Å². The number of imidazole rings is 1. The molecule has 0 fully saturated rings. The number of para-hydroxylation sites is 1. The highest BCUT2D eigenvalue weighted by Crippen LogP contribution is 2.46. The largest absolute Gasteiger partial charge is 0.507 e. The number of fused-ring (bicyclic) bond motifs is 1. The third-order valence-electron chi connectivity index (χ3n) is 12.5. The van der Waals surface area contributed by atoms with E-state index in [9.17, 15) is 5.11 Å². The standard InChI is InChI=1S/C61H59N3O/c1-39-31-50(42-25-18-13-19-26-42)55(38-49(39)41-23-16-12-17-24-41)64-54-28-20-27-48(56(54)63-58(64)51-36-47(60(5,6)7)37-52(57(51)65)61(8,9)10)44-32-45(34-46(33-44)59(2,3)4)53-35-43(29-30-62-53)40-21-14-11-15-22-40/h11-38,65H,1-10H3/i1D3. The molecule has 0 saturated carbocycles. The first-order chi connectivity index (χ1) is 32.2. The Labute approximate surface area is 389 Å². The summed E-state index contributed by atoms with van der Waals surface area (Å²) in [4.78, 5) is 10.6. The van der Waals surface area contributed by atoms with Gasteiger partial charge in [-0.05, 0) is 122 Å². The van der Waals surface area contributed by atoms with Crippen LogP contribution in [0.5, 0.6) is 5.75 Å². The van der Waals surface area contributed by atoms with Gasteiger partial charge < -0.3 is 5.11 Å². The molecule has 0 amide bonds. The fraction of sp³-hybridized carbons (Fsp3) is 0.213. The highest BCUT2D eigenvalue weighted by atomic mass is 16.3. The van der Waals surface area contributed by atoms with Gasteiger partial charge in [0.2, 0.25) is 0 Å². The summed E-state index contributed by atoms with van der Waals surface area (Å²) in [5.74, 6) is 0.706. The summed E-state index contributed by atoms with van der Waals surface area (Å²) in [7, 11) is 0. The Morgan fingerprint density at radius 2 is 1.08 bits per heavy atom. The van der Waals surface area contributed by atoms with Gasteiger partial charge >= 0.3 is 0 Å². The van der Waals surface area contributed by atoms with Crippen molar-refractivity contribution in [3.8, 4) is 78.6 Å². The van der Waals surface area contributed by atoms with Gasteiger partial charge in [-0.25, -0.2) is 4.98 Å². The van der Waals surface area contributed by atoms with Crippen molar-refractivity contribution in [3.05, 3.63) is 192 Å². The van der Waals surface area contributed by atoms with E-state index in [-0.39, 0.29) is 22.1 Å². The zero-order valence-electron chi connectivity index (χ0n) is 42.0. The first-order valence-corrected chi connectivity index (χ1v) is 22.5. The van der Waals surface area contributed by atoms with Crippen LogP contribution in [0, 0.1) is 6.85 Å². The molecule has 9 aromatic rings. The zero-order valence-corrected chi connectivity index (χ0v) is 39.0. The molecular weight excluding hydrogens is 791 g/mol. The molecule has 1 N–H and O–H groups in total. The first kappa shape index (κ1) is 39.5. The molecule has 0 unspecified atom stereocenters. The number of phenolic OH excluding ortho intramolecular Hbond substituents is 1. The van der Waals surface area contributed by atoms with Crippen LogP contribution in [0.3, 0.4) is 0 Å². The molecule has 7 aromatic carbocycles. The van der Waals surface area contributed by atoms with E-state index in [0.717, 1.165) is 83.6 Å². The highest BCUT2D eigenvalue weighted by molar-refractivity contribution is 5.98. The second-order valence-electron chi connectivity index (χ2n) is 20.4. The number of rotatable bonds is 7. The minimum Gasteiger partial charge on any atom is -0.507 e. The monoisotopic (exact) mass is 852 g/mol. The van der Waals surface area contributed by atoms with E-state index in [1.165, 1.54) is 0 Å². The molecule has 0 bridgehead atoms. The molecule has 0 aliphatic carbocycles. The molecule has 9 rings (SSSR count). The molecule has 324 valence electrons. The maximum Gasteiger partial charge on any atom is 0.149 e. The molecule has 4 nitrogen and oxygen atoms in total. The maximum absolute atomic E-state index is 12.7. The van der Waals surface area contributed by atoms with Gasteiger partial charge in [-0.15, -0.1) is 0 Å². The Morgan fingerprint density at radius 3 is 1.69 bits per heavy atom. The molecule has 0 aliphatic rings. The van der Waals surface area contributed by atoms with E-state index in [4.69, 9.17) is 14.1 Å². The Kier molecular flexibility index (Phi) is 10.0. The van der Waals surface area contributed by atoms with Crippen molar-refractivity contribution >= 4 is 11.0 Å². The molecule has 2 heterocycles. The number of hydrogen-bond acceptors (Lipinski definition) is 3. The van der Waals surface area contributed by atoms with Gasteiger partial charge in [0.05, 0.1) is 28.0 Å². The average Bonchev–Trinajstić information content (AvgIpc) is 3.70. The number of nitrogens with zero attached hydrogens (tertiary/aromatic N) is 3. The SMILES string of the molecule is [2H]C([2H])([2H])c1cc(-c2ccccc2)c(-n2c(-c3cc(C(C)(C)C)cc(C(C)(C)C)c3O)nc3c(-c4cc(-c5cc(-c6ccccc6)ccn5)cc(C(C)(C)C)c4)cccc32)cc1-c1ccccc1. The van der Waals surface area contributed by atoms with Crippen molar-refractivity contribution < 1.29 is 9.22 Å². The summed E-state index contributed by atoms with van der Waals surface area (Å²) >= 11 is 0. The lowest BCUT2D eigenvalue weighted by atomic mass is 9.79. The lowest BCUT2D eigenvalue weighted by molar-refractivity contribution is 0.446. The second-order valence-corrected chi connectivity index (χ2v) is 20.4. The summed E-state index contributed by atoms with van der Waals surface area (Å²) < 4.78 is 28.7. The fourth-order valence-corrected chi connectivity index (χ4v) is 8.81. The van der Waals surface area contributed by atoms with Crippen molar-refractivity contribution in [3.63, 3.8) is 0 Å². The Hall–Kier alpha value is -7.04. The van der Waals surface area contributed by atoms with Crippen molar-refractivity contribution in [1.29, 1.82) is 0 Å². The van der Waals surface area contributed by atoms with E-state index in [1.807, 2.05) is 85.1 Å². The van der Waals surface area contributed by atoms with Crippen LogP contribution < -0.4 is 0 Å². The Morgan fingerprint density at radius 1 is 0.477 bits per heavy atom. The van der Waals surface area contributed by atoms with E-state index in [2.05, 4.69) is 152 Å². The molecule has 0 spiro atoms. The predicted octanol–water partition coefficient (Wildman–Crippen LogP) is 16.3. The smallest absolute Gasteiger partial charge is 0.149 e. The maximum atomic E-state index is 12.7. The molecule has 0 radical (unpaired) electrons. The minimum atomic E-state index is -2.42. The van der Waals surface area contributed by atoms with E-state index in [1.54, 1.807) is 0 Å². The van der Waals surface area contributed by atoms with Crippen LogP contribution in [-0.4, -0.2) is 19.6 Å². The minimum absolute atomic E-state index is 0.161. The van der Waals surface area contributed by atoms with E-state index in [0.29, 0.717) is 17.0 Å². The number of aromatic hydroxyl groups is 1.